The van der Waals surface area contributed by atoms with Crippen LogP contribution in [-0.2, 0) is 22.7 Å². The van der Waals surface area contributed by atoms with E-state index in [9.17, 15) is 19.2 Å². The maximum Gasteiger partial charge on any atom is 0.264 e. The number of amides is 4. The molecule has 4 heterocycles. The van der Waals surface area contributed by atoms with Gasteiger partial charge in [0.05, 0.1) is 23.0 Å². The Labute approximate surface area is 250 Å². The molecule has 0 aliphatic carbocycles. The van der Waals surface area contributed by atoms with E-state index in [1.165, 1.54) is 5.56 Å². The van der Waals surface area contributed by atoms with E-state index in [4.69, 9.17) is 5.73 Å². The lowest BCUT2D eigenvalue weighted by molar-refractivity contribution is -0.136. The van der Waals surface area contributed by atoms with Crippen LogP contribution >= 0.6 is 0 Å². The number of carbonyl (C=O) groups excluding carboxylic acids is 4. The van der Waals surface area contributed by atoms with Crippen LogP contribution < -0.4 is 21.3 Å². The lowest BCUT2D eigenvalue weighted by Gasteiger charge is -2.47. The van der Waals surface area contributed by atoms with E-state index >= 15 is 0 Å². The number of carbonyl (C=O) groups is 4. The van der Waals surface area contributed by atoms with Crippen molar-refractivity contribution in [3.8, 4) is 0 Å². The monoisotopic (exact) mass is 581 g/mol. The summed E-state index contributed by atoms with van der Waals surface area (Å²) in [5.41, 5.74) is 9.68. The van der Waals surface area contributed by atoms with Crippen molar-refractivity contribution in [2.24, 2.45) is 0 Å². The lowest BCUT2D eigenvalue weighted by atomic mass is 9.97. The molecule has 1 aromatic heterocycles. The number of nitrogens with one attached hydrogen (secondary N) is 2. The SMILES string of the molecule is CC1(C)CN(c2ccc(N)cn2)CCN1Cc1ccc(CNc2cccc3c2C(=O)N(C2CCC(=O)NC2=O)C3=O)cc1. The zero-order valence-electron chi connectivity index (χ0n) is 24.3. The number of benzene rings is 2. The van der Waals surface area contributed by atoms with Gasteiger partial charge in [0.25, 0.3) is 11.8 Å². The first kappa shape index (κ1) is 28.4. The van der Waals surface area contributed by atoms with Crippen LogP contribution in [0.25, 0.3) is 0 Å². The highest BCUT2D eigenvalue weighted by atomic mass is 16.2. The van der Waals surface area contributed by atoms with Crippen LogP contribution in [0.1, 0.15) is 58.5 Å². The summed E-state index contributed by atoms with van der Waals surface area (Å²) in [5.74, 6) is -1.12. The van der Waals surface area contributed by atoms with Crippen LogP contribution in [0.4, 0.5) is 17.2 Å². The number of pyridine rings is 1. The molecule has 6 rings (SSSR count). The number of hydrogen-bond donors (Lipinski definition) is 3. The molecule has 11 nitrogen and oxygen atoms in total. The minimum atomic E-state index is -0.993. The Morgan fingerprint density at radius 3 is 2.44 bits per heavy atom. The average Bonchev–Trinajstić information content (AvgIpc) is 3.24. The van der Waals surface area contributed by atoms with Crippen molar-refractivity contribution in [3.05, 3.63) is 83.0 Å². The van der Waals surface area contributed by atoms with Crippen molar-refractivity contribution < 1.29 is 19.2 Å². The number of aromatic nitrogens is 1. The van der Waals surface area contributed by atoms with Gasteiger partial charge in [0.1, 0.15) is 11.9 Å². The molecular formula is C32H35N7O4. The first-order chi connectivity index (χ1) is 20.6. The number of nitrogens with zero attached hydrogens (tertiary/aromatic N) is 4. The topological polar surface area (TPSA) is 141 Å². The Morgan fingerprint density at radius 1 is 0.977 bits per heavy atom. The van der Waals surface area contributed by atoms with E-state index in [2.05, 4.69) is 63.5 Å². The number of hydrogen-bond acceptors (Lipinski definition) is 9. The molecule has 11 heteroatoms. The maximum absolute atomic E-state index is 13.4. The van der Waals surface area contributed by atoms with Crippen molar-refractivity contribution in [1.29, 1.82) is 0 Å². The number of fused-ring (bicyclic) bond motifs is 1. The minimum absolute atomic E-state index is 0.0546. The molecule has 1 unspecified atom stereocenters. The molecule has 2 saturated heterocycles. The Kier molecular flexibility index (Phi) is 7.35. The number of rotatable bonds is 7. The van der Waals surface area contributed by atoms with Crippen molar-refractivity contribution in [1.82, 2.24) is 20.1 Å². The lowest BCUT2D eigenvalue weighted by Crippen LogP contribution is -2.59. The van der Waals surface area contributed by atoms with E-state index in [0.29, 0.717) is 17.9 Å². The van der Waals surface area contributed by atoms with Gasteiger partial charge in [-0.3, -0.25) is 34.3 Å². The number of anilines is 3. The summed E-state index contributed by atoms with van der Waals surface area (Å²) in [4.78, 5) is 60.7. The summed E-state index contributed by atoms with van der Waals surface area (Å²) in [6, 6.07) is 16.3. The van der Waals surface area contributed by atoms with E-state index in [0.717, 1.165) is 42.5 Å². The number of imide groups is 2. The first-order valence-corrected chi connectivity index (χ1v) is 14.5. The van der Waals surface area contributed by atoms with Gasteiger partial charge in [0.2, 0.25) is 11.8 Å². The van der Waals surface area contributed by atoms with Crippen LogP contribution in [0, 0.1) is 0 Å². The molecule has 0 saturated carbocycles. The second-order valence-electron chi connectivity index (χ2n) is 12.0. The highest BCUT2D eigenvalue weighted by Gasteiger charge is 2.45. The van der Waals surface area contributed by atoms with Crippen LogP contribution in [-0.4, -0.2) is 69.6 Å². The quantitative estimate of drug-likeness (QED) is 0.359. The first-order valence-electron chi connectivity index (χ1n) is 14.5. The molecule has 2 fully saturated rings. The zero-order chi connectivity index (χ0) is 30.3. The normalized spacial score (nSPS) is 20.3. The van der Waals surface area contributed by atoms with Crippen LogP contribution in [0.15, 0.2) is 60.8 Å². The highest BCUT2D eigenvalue weighted by molar-refractivity contribution is 6.25. The fourth-order valence-corrected chi connectivity index (χ4v) is 6.11. The van der Waals surface area contributed by atoms with Crippen molar-refractivity contribution in [2.45, 2.75) is 51.4 Å². The highest BCUT2D eigenvalue weighted by Crippen LogP contribution is 2.33. The molecule has 222 valence electrons. The fraction of sp³-hybridized carbons (Fsp3) is 0.344. The summed E-state index contributed by atoms with van der Waals surface area (Å²) in [7, 11) is 0. The fourth-order valence-electron chi connectivity index (χ4n) is 6.11. The summed E-state index contributed by atoms with van der Waals surface area (Å²) >= 11 is 0. The van der Waals surface area contributed by atoms with Gasteiger partial charge in [-0.05, 0) is 55.7 Å². The Hall–Kier alpha value is -4.77. The zero-order valence-corrected chi connectivity index (χ0v) is 24.3. The van der Waals surface area contributed by atoms with E-state index in [1.54, 1.807) is 24.4 Å². The Balaban J connectivity index is 1.08. The molecule has 0 spiro atoms. The number of nitrogens with two attached hydrogens (primary N) is 1. The molecule has 4 N–H and O–H groups in total. The molecule has 1 atom stereocenters. The van der Waals surface area contributed by atoms with E-state index in [1.807, 2.05) is 12.1 Å². The summed E-state index contributed by atoms with van der Waals surface area (Å²) < 4.78 is 0. The van der Waals surface area contributed by atoms with Gasteiger partial charge < -0.3 is 16.0 Å². The summed E-state index contributed by atoms with van der Waals surface area (Å²) in [5, 5.41) is 5.54. The van der Waals surface area contributed by atoms with Gasteiger partial charge >= 0.3 is 0 Å². The Morgan fingerprint density at radius 2 is 1.74 bits per heavy atom. The third-order valence-corrected chi connectivity index (χ3v) is 8.52. The third kappa shape index (κ3) is 5.55. The van der Waals surface area contributed by atoms with Gasteiger partial charge in [-0.15, -0.1) is 0 Å². The predicted octanol–water partition coefficient (Wildman–Crippen LogP) is 2.78. The molecule has 3 aromatic rings. The third-order valence-electron chi connectivity index (χ3n) is 8.52. The molecule has 2 aromatic carbocycles. The molecule has 0 radical (unpaired) electrons. The van der Waals surface area contributed by atoms with E-state index < -0.39 is 29.7 Å². The summed E-state index contributed by atoms with van der Waals surface area (Å²) in [6.45, 7) is 8.42. The van der Waals surface area contributed by atoms with Gasteiger partial charge in [-0.1, -0.05) is 30.3 Å². The maximum atomic E-state index is 13.4. The molecule has 0 bridgehead atoms. The molecule has 43 heavy (non-hydrogen) atoms. The van der Waals surface area contributed by atoms with Crippen LogP contribution in [0.3, 0.4) is 0 Å². The van der Waals surface area contributed by atoms with E-state index in [-0.39, 0.29) is 29.5 Å². The summed E-state index contributed by atoms with van der Waals surface area (Å²) in [6.07, 6.45) is 1.90. The molecule has 3 aliphatic rings. The standard InChI is InChI=1S/C32H35N7O4/c1-32(2)19-37(26-12-10-22(33)17-35-26)14-15-38(32)18-21-8-6-20(7-9-21)16-34-24-5-3-4-23-28(24)31(43)39(30(23)42)25-11-13-27(40)36-29(25)41/h3-10,12,17,25,34H,11,13-16,18-19,33H2,1-2H3,(H,36,40,41). The second-order valence-corrected chi connectivity index (χ2v) is 12.0. The second kappa shape index (κ2) is 11.1. The van der Waals surface area contributed by atoms with Gasteiger partial charge in [0.15, 0.2) is 0 Å². The van der Waals surface area contributed by atoms with Crippen LogP contribution in [0.2, 0.25) is 0 Å². The Bertz CT molecular complexity index is 1590. The molecular weight excluding hydrogens is 546 g/mol. The number of nitrogen functional groups attached to an aromatic ring is 1. The van der Waals surface area contributed by atoms with Crippen molar-refractivity contribution in [2.75, 3.05) is 35.6 Å². The van der Waals surface area contributed by atoms with Gasteiger partial charge in [0, 0.05) is 50.4 Å². The van der Waals surface area contributed by atoms with Crippen molar-refractivity contribution in [3.63, 3.8) is 0 Å². The molecule has 3 aliphatic heterocycles. The molecule has 4 amide bonds. The van der Waals surface area contributed by atoms with Gasteiger partial charge in [-0.25, -0.2) is 4.98 Å². The van der Waals surface area contributed by atoms with Crippen molar-refractivity contribution >= 4 is 40.8 Å². The number of piperidine rings is 1. The van der Waals surface area contributed by atoms with Gasteiger partial charge in [-0.2, -0.15) is 0 Å². The number of piperazine rings is 1. The van der Waals surface area contributed by atoms with Crippen LogP contribution in [0.5, 0.6) is 0 Å². The smallest absolute Gasteiger partial charge is 0.264 e. The average molecular weight is 582 g/mol. The largest absolute Gasteiger partial charge is 0.397 e. The minimum Gasteiger partial charge on any atom is -0.397 e. The predicted molar refractivity (Wildman–Crippen MR) is 162 cm³/mol.